The Labute approximate surface area is 141 Å². The fourth-order valence-corrected chi connectivity index (χ4v) is 3.58. The van der Waals surface area contributed by atoms with Crippen LogP contribution in [0.3, 0.4) is 0 Å². The number of ether oxygens (including phenoxy) is 1. The minimum atomic E-state index is -0.128. The molecule has 2 aromatic rings. The van der Waals surface area contributed by atoms with E-state index < -0.39 is 0 Å². The third-order valence-electron chi connectivity index (χ3n) is 5.01. The summed E-state index contributed by atoms with van der Waals surface area (Å²) in [5, 5.41) is 12.9. The third kappa shape index (κ3) is 2.89. The summed E-state index contributed by atoms with van der Waals surface area (Å²) in [5.74, 6) is 0.875. The highest BCUT2D eigenvalue weighted by Gasteiger charge is 2.45. The summed E-state index contributed by atoms with van der Waals surface area (Å²) >= 11 is 0. The van der Waals surface area contributed by atoms with Crippen molar-refractivity contribution < 1.29 is 9.53 Å². The second kappa shape index (κ2) is 6.28. The predicted octanol–water partition coefficient (Wildman–Crippen LogP) is 2.18. The van der Waals surface area contributed by atoms with E-state index in [-0.39, 0.29) is 17.6 Å². The Morgan fingerprint density at radius 1 is 1.29 bits per heavy atom. The quantitative estimate of drug-likeness (QED) is 0.736. The van der Waals surface area contributed by atoms with E-state index in [9.17, 15) is 4.79 Å². The number of benzene rings is 1. The summed E-state index contributed by atoms with van der Waals surface area (Å²) in [7, 11) is 0. The van der Waals surface area contributed by atoms with Crippen LogP contribution in [0, 0.1) is 0 Å². The lowest BCUT2D eigenvalue weighted by molar-refractivity contribution is -0.0368. The third-order valence-corrected chi connectivity index (χ3v) is 5.01. The number of H-pyrrole nitrogens is 1. The Morgan fingerprint density at radius 2 is 2.17 bits per heavy atom. The van der Waals surface area contributed by atoms with Crippen LogP contribution in [0.2, 0.25) is 0 Å². The maximum absolute atomic E-state index is 11.9. The van der Waals surface area contributed by atoms with Crippen LogP contribution in [-0.4, -0.2) is 34.8 Å². The van der Waals surface area contributed by atoms with Crippen LogP contribution in [0.15, 0.2) is 36.5 Å². The molecule has 3 N–H and O–H groups in total. The molecule has 1 fully saturated rings. The van der Waals surface area contributed by atoms with Gasteiger partial charge >= 0.3 is 0 Å². The van der Waals surface area contributed by atoms with Gasteiger partial charge in [-0.3, -0.25) is 9.89 Å². The zero-order valence-electron chi connectivity index (χ0n) is 13.5. The Hall–Kier alpha value is -2.34. The number of nitrogens with zero attached hydrogens (tertiary/aromatic N) is 1. The van der Waals surface area contributed by atoms with E-state index in [4.69, 9.17) is 4.74 Å². The van der Waals surface area contributed by atoms with Gasteiger partial charge in [0.25, 0.3) is 5.91 Å². The molecule has 1 aliphatic heterocycles. The van der Waals surface area contributed by atoms with Crippen molar-refractivity contribution >= 4 is 5.91 Å². The van der Waals surface area contributed by atoms with E-state index in [1.807, 2.05) is 6.07 Å². The summed E-state index contributed by atoms with van der Waals surface area (Å²) in [6.45, 7) is 1.29. The fourth-order valence-electron chi connectivity index (χ4n) is 3.58. The predicted molar refractivity (Wildman–Crippen MR) is 89.9 cm³/mol. The molecule has 0 bridgehead atoms. The SMILES string of the molecule is O=C(NCCNC1CC2(CCC2)Oc2ccccc21)c1ccn[nH]1. The molecule has 24 heavy (non-hydrogen) atoms. The first-order valence-corrected chi connectivity index (χ1v) is 8.55. The van der Waals surface area contributed by atoms with Crippen molar-refractivity contribution in [2.75, 3.05) is 13.1 Å². The number of nitrogens with one attached hydrogen (secondary N) is 3. The fraction of sp³-hybridized carbons (Fsp3) is 0.444. The number of aromatic amines is 1. The first-order valence-electron chi connectivity index (χ1n) is 8.55. The molecule has 4 rings (SSSR count). The molecule has 1 amide bonds. The maximum Gasteiger partial charge on any atom is 0.269 e. The Kier molecular flexibility index (Phi) is 3.98. The highest BCUT2D eigenvalue weighted by atomic mass is 16.5. The molecule has 1 aromatic carbocycles. The summed E-state index contributed by atoms with van der Waals surface area (Å²) in [5.41, 5.74) is 1.72. The van der Waals surface area contributed by atoms with Crippen molar-refractivity contribution in [2.24, 2.45) is 0 Å². The van der Waals surface area contributed by atoms with Gasteiger partial charge in [0, 0.05) is 37.3 Å². The van der Waals surface area contributed by atoms with Gasteiger partial charge in [-0.25, -0.2) is 0 Å². The van der Waals surface area contributed by atoms with E-state index in [2.05, 4.69) is 39.0 Å². The molecule has 0 saturated heterocycles. The summed E-state index contributed by atoms with van der Waals surface area (Å²) in [6.07, 6.45) is 6.09. The van der Waals surface area contributed by atoms with Crippen molar-refractivity contribution in [1.29, 1.82) is 0 Å². The lowest BCUT2D eigenvalue weighted by atomic mass is 9.73. The first-order chi connectivity index (χ1) is 11.8. The van der Waals surface area contributed by atoms with Gasteiger partial charge in [0.15, 0.2) is 0 Å². The molecule has 2 heterocycles. The number of aromatic nitrogens is 2. The highest BCUT2D eigenvalue weighted by Crippen LogP contribution is 2.48. The van der Waals surface area contributed by atoms with Gasteiger partial charge in [0.2, 0.25) is 0 Å². The van der Waals surface area contributed by atoms with Crippen molar-refractivity contribution in [2.45, 2.75) is 37.3 Å². The van der Waals surface area contributed by atoms with Crippen LogP contribution < -0.4 is 15.4 Å². The second-order valence-electron chi connectivity index (χ2n) is 6.61. The van der Waals surface area contributed by atoms with Crippen LogP contribution in [0.1, 0.15) is 47.8 Å². The number of carbonyl (C=O) groups excluding carboxylic acids is 1. The molecule has 1 aromatic heterocycles. The van der Waals surface area contributed by atoms with Gasteiger partial charge in [-0.05, 0) is 31.4 Å². The molecular weight excluding hydrogens is 304 g/mol. The van der Waals surface area contributed by atoms with Gasteiger partial charge in [0.1, 0.15) is 17.0 Å². The molecule has 6 heteroatoms. The van der Waals surface area contributed by atoms with Gasteiger partial charge in [0.05, 0.1) is 0 Å². The molecular formula is C18H22N4O2. The van der Waals surface area contributed by atoms with E-state index >= 15 is 0 Å². The topological polar surface area (TPSA) is 79.0 Å². The molecule has 0 radical (unpaired) electrons. The molecule has 1 unspecified atom stereocenters. The van der Waals surface area contributed by atoms with Crippen LogP contribution in [-0.2, 0) is 0 Å². The number of rotatable bonds is 5. The molecule has 1 atom stereocenters. The molecule has 126 valence electrons. The molecule has 6 nitrogen and oxygen atoms in total. The summed E-state index contributed by atoms with van der Waals surface area (Å²) in [6, 6.07) is 10.2. The van der Waals surface area contributed by atoms with Gasteiger partial charge in [-0.1, -0.05) is 18.2 Å². The van der Waals surface area contributed by atoms with E-state index in [0.717, 1.165) is 31.6 Å². The highest BCUT2D eigenvalue weighted by molar-refractivity contribution is 5.92. The van der Waals surface area contributed by atoms with Crippen molar-refractivity contribution in [3.63, 3.8) is 0 Å². The maximum atomic E-state index is 11.9. The molecule has 1 saturated carbocycles. The van der Waals surface area contributed by atoms with Crippen LogP contribution in [0.4, 0.5) is 0 Å². The number of fused-ring (bicyclic) bond motifs is 1. The number of para-hydroxylation sites is 1. The average Bonchev–Trinajstić information content (AvgIpc) is 3.11. The lowest BCUT2D eigenvalue weighted by Crippen LogP contribution is -2.49. The van der Waals surface area contributed by atoms with Crippen LogP contribution >= 0.6 is 0 Å². The Morgan fingerprint density at radius 3 is 2.92 bits per heavy atom. The van der Waals surface area contributed by atoms with Crippen LogP contribution in [0.25, 0.3) is 0 Å². The number of amides is 1. The summed E-state index contributed by atoms with van der Waals surface area (Å²) in [4.78, 5) is 11.9. The number of hydrogen-bond donors (Lipinski definition) is 3. The zero-order valence-corrected chi connectivity index (χ0v) is 13.5. The lowest BCUT2D eigenvalue weighted by Gasteiger charge is -2.48. The monoisotopic (exact) mass is 326 g/mol. The number of carbonyl (C=O) groups is 1. The van der Waals surface area contributed by atoms with Crippen molar-refractivity contribution in [1.82, 2.24) is 20.8 Å². The van der Waals surface area contributed by atoms with E-state index in [0.29, 0.717) is 12.2 Å². The van der Waals surface area contributed by atoms with Gasteiger partial charge in [-0.2, -0.15) is 5.10 Å². The van der Waals surface area contributed by atoms with Crippen molar-refractivity contribution in [3.05, 3.63) is 47.8 Å². The second-order valence-corrected chi connectivity index (χ2v) is 6.61. The molecule has 1 aliphatic carbocycles. The standard InChI is InChI=1S/C18H22N4O2/c23-17(14-6-9-21-22-14)20-11-10-19-15-12-18(7-3-8-18)24-16-5-2-1-4-13(15)16/h1-2,4-6,9,15,19H,3,7-8,10-12H2,(H,20,23)(H,21,22). The van der Waals surface area contributed by atoms with Gasteiger partial charge < -0.3 is 15.4 Å². The molecule has 2 aliphatic rings. The van der Waals surface area contributed by atoms with E-state index in [1.54, 1.807) is 12.3 Å². The average molecular weight is 326 g/mol. The largest absolute Gasteiger partial charge is 0.487 e. The zero-order chi connectivity index (χ0) is 16.4. The minimum absolute atomic E-state index is 0.0190. The molecule has 1 spiro atoms. The van der Waals surface area contributed by atoms with E-state index in [1.165, 1.54) is 12.0 Å². The Bertz CT molecular complexity index is 710. The smallest absolute Gasteiger partial charge is 0.269 e. The minimum Gasteiger partial charge on any atom is -0.487 e. The van der Waals surface area contributed by atoms with Crippen LogP contribution in [0.5, 0.6) is 5.75 Å². The Balaban J connectivity index is 1.35. The normalized spacial score (nSPS) is 20.8. The van der Waals surface area contributed by atoms with Crippen molar-refractivity contribution in [3.8, 4) is 5.75 Å². The number of hydrogen-bond acceptors (Lipinski definition) is 4. The first kappa shape index (κ1) is 15.2. The van der Waals surface area contributed by atoms with Gasteiger partial charge in [-0.15, -0.1) is 0 Å². The summed E-state index contributed by atoms with van der Waals surface area (Å²) < 4.78 is 6.26.